The maximum absolute atomic E-state index is 13.0. The first-order chi connectivity index (χ1) is 19.6. The molecule has 0 spiro atoms. The van der Waals surface area contributed by atoms with E-state index in [4.69, 9.17) is 9.47 Å². The van der Waals surface area contributed by atoms with E-state index in [0.717, 1.165) is 29.8 Å². The van der Waals surface area contributed by atoms with E-state index in [1.54, 1.807) is 18.4 Å². The Kier molecular flexibility index (Phi) is 17.4. The molecule has 7 heteroatoms. The molecule has 5 nitrogen and oxygen atoms in total. The van der Waals surface area contributed by atoms with Gasteiger partial charge in [-0.1, -0.05) is 113 Å². The molecule has 1 heterocycles. The third-order valence-corrected chi connectivity index (χ3v) is 8.07. The van der Waals surface area contributed by atoms with Crippen LogP contribution >= 0.6 is 11.3 Å². The predicted molar refractivity (Wildman–Crippen MR) is 167 cm³/mol. The highest BCUT2D eigenvalue weighted by atomic mass is 79.9. The van der Waals surface area contributed by atoms with Gasteiger partial charge in [0.15, 0.2) is 24.2 Å². The van der Waals surface area contributed by atoms with Crippen molar-refractivity contribution in [1.29, 1.82) is 0 Å². The number of thiazole rings is 1. The second-order valence-electron chi connectivity index (χ2n) is 10.7. The lowest BCUT2D eigenvalue weighted by molar-refractivity contribution is -0.683. The minimum absolute atomic E-state index is 0. The van der Waals surface area contributed by atoms with E-state index < -0.39 is 0 Å². The lowest BCUT2D eigenvalue weighted by Gasteiger charge is -2.13. The van der Waals surface area contributed by atoms with E-state index in [2.05, 4.69) is 41.5 Å². The highest BCUT2D eigenvalue weighted by Crippen LogP contribution is 2.29. The summed E-state index contributed by atoms with van der Waals surface area (Å²) in [5.41, 5.74) is 4.94. The van der Waals surface area contributed by atoms with E-state index >= 15 is 0 Å². The average Bonchev–Trinajstić information content (AvgIpc) is 3.36. The Morgan fingerprint density at radius 2 is 1.54 bits per heavy atom. The van der Waals surface area contributed by atoms with Gasteiger partial charge in [0, 0.05) is 5.56 Å². The number of rotatable bonds is 20. The van der Waals surface area contributed by atoms with E-state index in [1.807, 2.05) is 36.4 Å². The topological polar surface area (TPSA) is 51.4 Å². The molecule has 1 N–H and O–H groups in total. The third-order valence-electron chi connectivity index (χ3n) is 7.21. The Balaban J connectivity index is 0.00000588. The van der Waals surface area contributed by atoms with Crippen molar-refractivity contribution in [2.45, 2.75) is 104 Å². The fraction of sp³-hybridized carbons (Fsp3) is 0.529. The number of amides is 1. The van der Waals surface area contributed by atoms with Gasteiger partial charge in [-0.25, -0.2) is 0 Å². The first kappa shape index (κ1) is 34.8. The number of para-hydroxylation sites is 1. The minimum Gasteiger partial charge on any atom is -1.00 e. The molecule has 0 radical (unpaired) electrons. The number of carbonyl (C=O) groups excluding carboxylic acids is 1. The summed E-state index contributed by atoms with van der Waals surface area (Å²) in [7, 11) is 1.66. The Labute approximate surface area is 262 Å². The van der Waals surface area contributed by atoms with Crippen LogP contribution in [0.15, 0.2) is 54.2 Å². The van der Waals surface area contributed by atoms with Crippen LogP contribution in [-0.2, 0) is 17.8 Å². The highest BCUT2D eigenvalue weighted by molar-refractivity contribution is 7.09. The predicted octanol–water partition coefficient (Wildman–Crippen LogP) is 5.67. The fourth-order valence-electron chi connectivity index (χ4n) is 4.95. The highest BCUT2D eigenvalue weighted by Gasteiger charge is 2.14. The van der Waals surface area contributed by atoms with Gasteiger partial charge in [-0.15, -0.1) is 0 Å². The van der Waals surface area contributed by atoms with Crippen molar-refractivity contribution in [3.05, 3.63) is 70.2 Å². The molecule has 226 valence electrons. The lowest BCUT2D eigenvalue weighted by Crippen LogP contribution is -3.00. The van der Waals surface area contributed by atoms with Crippen molar-refractivity contribution in [1.82, 2.24) is 0 Å². The first-order valence-electron chi connectivity index (χ1n) is 15.2. The largest absolute Gasteiger partial charge is 1.00 e. The zero-order valence-corrected chi connectivity index (χ0v) is 27.7. The molecular formula is C34H49BrN2O3S. The number of unbranched alkanes of at least 4 members (excludes halogenated alkanes) is 11. The van der Waals surface area contributed by atoms with Gasteiger partial charge < -0.3 is 31.8 Å². The summed E-state index contributed by atoms with van der Waals surface area (Å²) in [5, 5.41) is 3.11. The van der Waals surface area contributed by atoms with Gasteiger partial charge in [-0.05, 0) is 37.1 Å². The maximum atomic E-state index is 13.0. The van der Waals surface area contributed by atoms with Crippen LogP contribution in [0, 0.1) is 6.92 Å². The Bertz CT molecular complexity index is 1150. The molecule has 0 aliphatic carbocycles. The summed E-state index contributed by atoms with van der Waals surface area (Å²) in [4.78, 5) is 14.2. The smallest absolute Gasteiger partial charge is 0.228 e. The molecule has 0 aliphatic heterocycles. The van der Waals surface area contributed by atoms with E-state index in [9.17, 15) is 4.79 Å². The molecule has 0 fully saturated rings. The Hall–Kier alpha value is -2.38. The molecule has 0 bridgehead atoms. The van der Waals surface area contributed by atoms with Crippen LogP contribution in [-0.4, -0.2) is 19.6 Å². The normalized spacial score (nSPS) is 10.7. The summed E-state index contributed by atoms with van der Waals surface area (Å²) < 4.78 is 13.7. The van der Waals surface area contributed by atoms with Gasteiger partial charge in [0.1, 0.15) is 0 Å². The number of carbonyl (C=O) groups is 1. The second kappa shape index (κ2) is 20.5. The number of aromatic nitrogens is 1. The van der Waals surface area contributed by atoms with Gasteiger partial charge in [0.2, 0.25) is 11.4 Å². The summed E-state index contributed by atoms with van der Waals surface area (Å²) in [6, 6.07) is 13.8. The van der Waals surface area contributed by atoms with Crippen molar-refractivity contribution in [2.24, 2.45) is 0 Å². The number of nitrogens with zero attached hydrogens (tertiary/aromatic N) is 1. The summed E-state index contributed by atoms with van der Waals surface area (Å²) in [5.74, 6) is 1.37. The van der Waals surface area contributed by atoms with Crippen LogP contribution < -0.4 is 36.3 Å². The second-order valence-corrected chi connectivity index (χ2v) is 11.8. The number of nitrogens with one attached hydrogen (secondary N) is 1. The van der Waals surface area contributed by atoms with Crippen LogP contribution in [0.25, 0.3) is 0 Å². The quantitative estimate of drug-likeness (QED) is 0.127. The van der Waals surface area contributed by atoms with Gasteiger partial charge in [-0.2, -0.15) is 4.57 Å². The number of benzene rings is 2. The monoisotopic (exact) mass is 644 g/mol. The molecule has 3 aromatic rings. The zero-order valence-electron chi connectivity index (χ0n) is 25.3. The number of methoxy groups -OCH3 is 1. The molecule has 0 saturated carbocycles. The number of hydrogen-bond donors (Lipinski definition) is 1. The summed E-state index contributed by atoms with van der Waals surface area (Å²) in [6.45, 7) is 5.76. The Morgan fingerprint density at radius 3 is 2.17 bits per heavy atom. The van der Waals surface area contributed by atoms with Crippen molar-refractivity contribution >= 4 is 22.9 Å². The number of anilines is 1. The van der Waals surface area contributed by atoms with Crippen LogP contribution in [0.4, 0.5) is 5.69 Å². The van der Waals surface area contributed by atoms with E-state index in [1.165, 1.54) is 75.5 Å². The molecule has 0 aliphatic rings. The average molecular weight is 646 g/mol. The molecule has 0 atom stereocenters. The molecule has 1 aromatic heterocycles. The molecule has 1 amide bonds. The van der Waals surface area contributed by atoms with Gasteiger partial charge in [0.25, 0.3) is 0 Å². The van der Waals surface area contributed by atoms with Crippen LogP contribution in [0.3, 0.4) is 0 Å². The standard InChI is InChI=1S/C34H48N2O3S.BrH/c1-4-5-6-7-8-9-10-11-12-13-14-17-22-39-33-23-29(20-21-32(33)38-3)24-34(37)35-31-19-16-15-18-30(31)26-36-25-28(2)40-27-36;/h15-16,18-21,23,25,27H,4-14,17,22,24,26H2,1-3H3;1H. The van der Waals surface area contributed by atoms with Gasteiger partial charge in [0.05, 0.1) is 30.7 Å². The summed E-state index contributed by atoms with van der Waals surface area (Å²) in [6.07, 6.45) is 18.2. The fourth-order valence-corrected chi connectivity index (χ4v) is 5.59. The van der Waals surface area contributed by atoms with Crippen molar-refractivity contribution in [2.75, 3.05) is 19.0 Å². The van der Waals surface area contributed by atoms with Crippen molar-refractivity contribution in [3.8, 4) is 11.5 Å². The van der Waals surface area contributed by atoms with Crippen LogP contribution in [0.2, 0.25) is 0 Å². The van der Waals surface area contributed by atoms with E-state index in [-0.39, 0.29) is 29.3 Å². The maximum Gasteiger partial charge on any atom is 0.228 e. The SMILES string of the molecule is CCCCCCCCCCCCCCOc1cc(CC(=O)Nc2ccccc2C[n+]2csc(C)c2)ccc1OC.[Br-]. The molecule has 41 heavy (non-hydrogen) atoms. The van der Waals surface area contributed by atoms with Gasteiger partial charge >= 0.3 is 0 Å². The number of hydrogen-bond acceptors (Lipinski definition) is 4. The van der Waals surface area contributed by atoms with E-state index in [0.29, 0.717) is 18.1 Å². The lowest BCUT2D eigenvalue weighted by atomic mass is 10.1. The number of aryl methyl sites for hydroxylation is 1. The van der Waals surface area contributed by atoms with Crippen molar-refractivity contribution < 1.29 is 35.8 Å². The third kappa shape index (κ3) is 13.4. The number of ether oxygens (including phenoxy) is 2. The summed E-state index contributed by atoms with van der Waals surface area (Å²) >= 11 is 1.72. The first-order valence-corrected chi connectivity index (χ1v) is 16.1. The minimum atomic E-state index is -0.0453. The molecule has 0 unspecified atom stereocenters. The molecule has 0 saturated heterocycles. The zero-order chi connectivity index (χ0) is 28.4. The molecule has 3 rings (SSSR count). The van der Waals surface area contributed by atoms with Crippen LogP contribution in [0.1, 0.15) is 100.0 Å². The molecule has 2 aromatic carbocycles. The Morgan fingerprint density at radius 1 is 0.878 bits per heavy atom. The van der Waals surface area contributed by atoms with Gasteiger partial charge in [-0.3, -0.25) is 4.79 Å². The van der Waals surface area contributed by atoms with Crippen LogP contribution in [0.5, 0.6) is 11.5 Å². The molecular weight excluding hydrogens is 596 g/mol. The van der Waals surface area contributed by atoms with Crippen molar-refractivity contribution in [3.63, 3.8) is 0 Å². The number of halogens is 1.